The summed E-state index contributed by atoms with van der Waals surface area (Å²) < 4.78 is 0. The van der Waals surface area contributed by atoms with E-state index >= 15 is 0 Å². The van der Waals surface area contributed by atoms with Crippen molar-refractivity contribution in [2.24, 2.45) is 10.8 Å². The van der Waals surface area contributed by atoms with Gasteiger partial charge < -0.3 is 0 Å². The molecule has 0 aromatic carbocycles. The zero-order chi connectivity index (χ0) is 10.7. The molecule has 2 heteroatoms. The normalized spacial score (nSPS) is 45.9. The topological polar surface area (TPSA) is 3.24 Å². The van der Waals surface area contributed by atoms with E-state index in [0.29, 0.717) is 16.4 Å². The molecule has 3 rings (SSSR count). The molecule has 3 aliphatic rings. The van der Waals surface area contributed by atoms with Crippen LogP contribution in [0.3, 0.4) is 0 Å². The Morgan fingerprint density at radius 1 is 0.938 bits per heavy atom. The van der Waals surface area contributed by atoms with Crippen LogP contribution in [0.2, 0.25) is 0 Å². The summed E-state index contributed by atoms with van der Waals surface area (Å²) in [4.78, 5) is 2.85. The quantitative estimate of drug-likeness (QED) is 0.625. The zero-order valence-corrected chi connectivity index (χ0v) is 11.8. The molecule has 0 N–H and O–H groups in total. The minimum Gasteiger partial charge on any atom is -0.297 e. The fourth-order valence-electron chi connectivity index (χ4n) is 5.40. The average Bonchev–Trinajstić information content (AvgIpc) is 2.27. The summed E-state index contributed by atoms with van der Waals surface area (Å²) in [5, 5.41) is 0. The number of halogens is 1. The van der Waals surface area contributed by atoms with Crippen LogP contribution >= 0.6 is 12.4 Å². The molecule has 2 unspecified atom stereocenters. The van der Waals surface area contributed by atoms with E-state index in [4.69, 9.17) is 0 Å². The summed E-state index contributed by atoms with van der Waals surface area (Å²) in [7, 11) is 0. The van der Waals surface area contributed by atoms with Crippen LogP contribution in [0.5, 0.6) is 0 Å². The van der Waals surface area contributed by atoms with Crippen LogP contribution in [-0.2, 0) is 0 Å². The minimum absolute atomic E-state index is 0. The molecule has 0 radical (unpaired) electrons. The summed E-state index contributed by atoms with van der Waals surface area (Å²) in [5.41, 5.74) is 1.83. The third-order valence-corrected chi connectivity index (χ3v) is 5.03. The number of fused-ring (bicyclic) bond motifs is 1. The summed E-state index contributed by atoms with van der Waals surface area (Å²) in [5.74, 6) is 0. The van der Waals surface area contributed by atoms with E-state index in [1.54, 1.807) is 0 Å². The standard InChI is InChI=1S/C14H25N.ClH/c1-12(2)8-13(3)10-14(9-12)6-4-5-7-15(14)11-13;/h4-11H2,1-3H3;1H. The first-order chi connectivity index (χ1) is 6.93. The van der Waals surface area contributed by atoms with Gasteiger partial charge in [-0.1, -0.05) is 27.2 Å². The van der Waals surface area contributed by atoms with Gasteiger partial charge >= 0.3 is 0 Å². The maximum absolute atomic E-state index is 2.85. The van der Waals surface area contributed by atoms with Crippen molar-refractivity contribution in [1.82, 2.24) is 4.90 Å². The molecule has 94 valence electrons. The Labute approximate surface area is 106 Å². The first-order valence-corrected chi connectivity index (χ1v) is 6.68. The van der Waals surface area contributed by atoms with Gasteiger partial charge in [0, 0.05) is 12.1 Å². The lowest BCUT2D eigenvalue weighted by Gasteiger charge is -2.50. The summed E-state index contributed by atoms with van der Waals surface area (Å²) in [6.45, 7) is 10.3. The molecule has 2 aliphatic heterocycles. The summed E-state index contributed by atoms with van der Waals surface area (Å²) in [6, 6.07) is 0. The second-order valence-corrected chi connectivity index (χ2v) is 7.61. The van der Waals surface area contributed by atoms with E-state index in [1.807, 2.05) is 0 Å². The average molecular weight is 244 g/mol. The van der Waals surface area contributed by atoms with Crippen LogP contribution in [-0.4, -0.2) is 23.5 Å². The third kappa shape index (κ3) is 1.80. The van der Waals surface area contributed by atoms with Crippen LogP contribution in [0.4, 0.5) is 0 Å². The fraction of sp³-hybridized carbons (Fsp3) is 1.00. The van der Waals surface area contributed by atoms with Crippen molar-refractivity contribution in [3.05, 3.63) is 0 Å². The van der Waals surface area contributed by atoms with Crippen LogP contribution in [0.25, 0.3) is 0 Å². The molecule has 1 aliphatic carbocycles. The van der Waals surface area contributed by atoms with Gasteiger partial charge in [-0.05, 0) is 49.5 Å². The van der Waals surface area contributed by atoms with E-state index in [0.717, 1.165) is 0 Å². The first kappa shape index (κ1) is 12.7. The highest BCUT2D eigenvalue weighted by Gasteiger charge is 2.58. The van der Waals surface area contributed by atoms with Crippen molar-refractivity contribution < 1.29 is 0 Å². The molecular formula is C14H26ClN. The maximum atomic E-state index is 2.85. The Kier molecular flexibility index (Phi) is 2.87. The van der Waals surface area contributed by atoms with Gasteiger partial charge in [-0.15, -0.1) is 12.4 Å². The van der Waals surface area contributed by atoms with Gasteiger partial charge in [0.25, 0.3) is 0 Å². The maximum Gasteiger partial charge on any atom is 0.0220 e. The second kappa shape index (κ2) is 3.62. The SMILES string of the molecule is CC1(C)CC2(C)CN3CCCCC3(C1)C2.Cl. The van der Waals surface area contributed by atoms with E-state index in [9.17, 15) is 0 Å². The Morgan fingerprint density at radius 3 is 2.44 bits per heavy atom. The van der Waals surface area contributed by atoms with Gasteiger partial charge in [0.2, 0.25) is 0 Å². The van der Waals surface area contributed by atoms with E-state index < -0.39 is 0 Å². The minimum atomic E-state index is 0. The van der Waals surface area contributed by atoms with E-state index in [1.165, 1.54) is 51.6 Å². The Balaban J connectivity index is 0.000000963. The fourth-order valence-corrected chi connectivity index (χ4v) is 5.40. The van der Waals surface area contributed by atoms with Crippen molar-refractivity contribution in [3.63, 3.8) is 0 Å². The Morgan fingerprint density at radius 2 is 1.69 bits per heavy atom. The lowest BCUT2D eigenvalue weighted by molar-refractivity contribution is 0.0253. The molecule has 1 spiro atoms. The summed E-state index contributed by atoms with van der Waals surface area (Å²) >= 11 is 0. The number of rotatable bonds is 0. The van der Waals surface area contributed by atoms with Gasteiger partial charge in [-0.2, -0.15) is 0 Å². The Bertz CT molecular complexity index is 288. The molecule has 1 nitrogen and oxygen atoms in total. The van der Waals surface area contributed by atoms with Gasteiger partial charge in [0.05, 0.1) is 0 Å². The number of hydrogen-bond donors (Lipinski definition) is 0. The molecule has 2 atom stereocenters. The number of hydrogen-bond acceptors (Lipinski definition) is 1. The van der Waals surface area contributed by atoms with Gasteiger partial charge in [0.15, 0.2) is 0 Å². The predicted molar refractivity (Wildman–Crippen MR) is 71.1 cm³/mol. The van der Waals surface area contributed by atoms with E-state index in [-0.39, 0.29) is 12.4 Å². The number of nitrogens with zero attached hydrogens (tertiary/aromatic N) is 1. The second-order valence-electron chi connectivity index (χ2n) is 7.61. The molecular weight excluding hydrogens is 218 g/mol. The first-order valence-electron chi connectivity index (χ1n) is 6.68. The van der Waals surface area contributed by atoms with Crippen LogP contribution in [0.1, 0.15) is 59.3 Å². The van der Waals surface area contributed by atoms with Gasteiger partial charge in [0.1, 0.15) is 0 Å². The van der Waals surface area contributed by atoms with Crippen molar-refractivity contribution >= 4 is 12.4 Å². The predicted octanol–water partition coefficient (Wildman–Crippen LogP) is 3.86. The van der Waals surface area contributed by atoms with Gasteiger partial charge in [-0.25, -0.2) is 0 Å². The number of piperidine rings is 1. The molecule has 2 heterocycles. The molecule has 1 saturated carbocycles. The molecule has 16 heavy (non-hydrogen) atoms. The van der Waals surface area contributed by atoms with Crippen LogP contribution in [0, 0.1) is 10.8 Å². The Hall–Kier alpha value is 0.250. The highest BCUT2D eigenvalue weighted by Crippen LogP contribution is 2.60. The highest BCUT2D eigenvalue weighted by molar-refractivity contribution is 5.85. The molecule has 3 fully saturated rings. The van der Waals surface area contributed by atoms with Crippen LogP contribution < -0.4 is 0 Å². The van der Waals surface area contributed by atoms with Crippen molar-refractivity contribution in [1.29, 1.82) is 0 Å². The molecule has 0 amide bonds. The van der Waals surface area contributed by atoms with Crippen LogP contribution in [0.15, 0.2) is 0 Å². The molecule has 2 bridgehead atoms. The monoisotopic (exact) mass is 243 g/mol. The largest absolute Gasteiger partial charge is 0.297 e. The smallest absolute Gasteiger partial charge is 0.0220 e. The summed E-state index contributed by atoms with van der Waals surface area (Å²) in [6.07, 6.45) is 8.78. The third-order valence-electron chi connectivity index (χ3n) is 5.03. The highest BCUT2D eigenvalue weighted by atomic mass is 35.5. The van der Waals surface area contributed by atoms with Gasteiger partial charge in [-0.3, -0.25) is 4.90 Å². The zero-order valence-electron chi connectivity index (χ0n) is 11.0. The van der Waals surface area contributed by atoms with Crippen molar-refractivity contribution in [2.75, 3.05) is 13.1 Å². The lowest BCUT2D eigenvalue weighted by atomic mass is 9.59. The van der Waals surface area contributed by atoms with Crippen molar-refractivity contribution in [3.8, 4) is 0 Å². The van der Waals surface area contributed by atoms with E-state index in [2.05, 4.69) is 25.7 Å². The molecule has 2 saturated heterocycles. The molecule has 0 aromatic rings. The van der Waals surface area contributed by atoms with Crippen molar-refractivity contribution in [2.45, 2.75) is 64.8 Å². The lowest BCUT2D eigenvalue weighted by Crippen LogP contribution is -2.50. The molecule has 0 aromatic heterocycles.